The van der Waals surface area contributed by atoms with Crippen molar-refractivity contribution in [1.82, 2.24) is 0 Å². The molecule has 2 bridgehead atoms. The lowest BCUT2D eigenvalue weighted by atomic mass is 9.41. The molecule has 0 amide bonds. The Balaban J connectivity index is 0.829. The highest BCUT2D eigenvalue weighted by atomic mass is 16.8. The zero-order valence-corrected chi connectivity index (χ0v) is 43.3. The molecule has 5 aliphatic heterocycles. The largest absolute Gasteiger partial charge is 0.432 e. The van der Waals surface area contributed by atoms with Gasteiger partial charge in [0.05, 0.1) is 44.1 Å². The number of carbonyl (C=O) groups excluding carboxylic acids is 1. The number of carbonyl (C=O) groups is 1. The van der Waals surface area contributed by atoms with E-state index in [0.717, 1.165) is 12.0 Å². The van der Waals surface area contributed by atoms with E-state index < -0.39 is 209 Å². The van der Waals surface area contributed by atoms with Gasteiger partial charge in [-0.2, -0.15) is 0 Å². The molecule has 5 saturated heterocycles. The summed E-state index contributed by atoms with van der Waals surface area (Å²) in [6.07, 6.45) is -38.0. The molecule has 4 aliphatic carbocycles. The van der Waals surface area contributed by atoms with Gasteiger partial charge in [-0.05, 0) is 86.5 Å². The van der Waals surface area contributed by atoms with Crippen LogP contribution >= 0.6 is 0 Å². The van der Waals surface area contributed by atoms with Gasteiger partial charge < -0.3 is 134 Å². The molecule has 0 unspecified atom stereocenters. The minimum atomic E-state index is -2.04. The molecule has 448 valence electrons. The minimum Gasteiger partial charge on any atom is -0.432 e. The van der Waals surface area contributed by atoms with Gasteiger partial charge >= 0.3 is 5.97 Å². The van der Waals surface area contributed by atoms with Crippen LogP contribution in [0, 0.1) is 28.1 Å². The molecule has 17 N–H and O–H groups in total. The molecule has 4 saturated carbocycles. The van der Waals surface area contributed by atoms with Crippen molar-refractivity contribution >= 4 is 5.97 Å². The van der Waals surface area contributed by atoms with Crippen molar-refractivity contribution in [3.8, 4) is 0 Å². The predicted octanol–water partition coefficient (Wildman–Crippen LogP) is -7.29. The lowest BCUT2D eigenvalue weighted by molar-refractivity contribution is -0.378. The number of rotatable bonds is 15. The van der Waals surface area contributed by atoms with Crippen molar-refractivity contribution in [3.63, 3.8) is 0 Å². The van der Waals surface area contributed by atoms with Crippen LogP contribution in [0.2, 0.25) is 0 Å². The van der Waals surface area contributed by atoms with Crippen LogP contribution in [0.15, 0.2) is 12.2 Å². The second-order valence-electron chi connectivity index (χ2n) is 23.6. The zero-order chi connectivity index (χ0) is 56.7. The number of hydrogen-bond acceptors (Lipinski definition) is 28. The van der Waals surface area contributed by atoms with Crippen LogP contribution in [0.3, 0.4) is 0 Å². The molecule has 9 aliphatic rings. The molecule has 28 heteroatoms. The molecule has 28 nitrogen and oxygen atoms in total. The van der Waals surface area contributed by atoms with Crippen LogP contribution in [-0.4, -0.2) is 285 Å². The van der Waals surface area contributed by atoms with E-state index in [0.29, 0.717) is 51.4 Å². The molecule has 9 fully saturated rings. The maximum atomic E-state index is 14.7. The third kappa shape index (κ3) is 10.3. The van der Waals surface area contributed by atoms with Crippen molar-refractivity contribution in [2.24, 2.45) is 28.1 Å². The smallest absolute Gasteiger partial charge is 0.314 e. The molecule has 5 heterocycles. The van der Waals surface area contributed by atoms with Crippen molar-refractivity contribution in [2.45, 2.75) is 231 Å². The molecule has 0 aromatic rings. The van der Waals surface area contributed by atoms with E-state index in [1.54, 1.807) is 6.92 Å². The van der Waals surface area contributed by atoms with Crippen LogP contribution in [0.25, 0.3) is 0 Å². The van der Waals surface area contributed by atoms with E-state index >= 15 is 0 Å². The summed E-state index contributed by atoms with van der Waals surface area (Å²) in [5.74, 6) is -0.943. The van der Waals surface area contributed by atoms with Crippen molar-refractivity contribution in [2.75, 3.05) is 33.0 Å². The van der Waals surface area contributed by atoms with Crippen LogP contribution in [-0.2, 0) is 52.2 Å². The Morgan fingerprint density at radius 1 is 0.487 bits per heavy atom. The Morgan fingerprint density at radius 2 is 0.885 bits per heavy atom. The SMILES string of the molecule is C=C1C[C@@]23CC[C@H]4[C@@](C)(CCC[C@@]4(C)C(=O)O[C@@H]4O[C@H](CO)[C@@H](O[C@H]5O[C@H](CO)[C@@H](O[C@H]6O[C@H](CO)[C@@H](O)[C@H](O)[C@H]6O)[C@H](O)[C@H]5O)[C@H](O)[C@H]4O)[C@@H]2CC[C@]1(O[C@@H]1O[C@H](CO)[C@@H](O[C@H]2O[C@H](CO)[C@@H](O)[C@H](O)[C@H]2O)[C@H](O)[C@H]1O)C3. The maximum absolute atomic E-state index is 14.7. The van der Waals surface area contributed by atoms with Gasteiger partial charge in [-0.15, -0.1) is 0 Å². The predicted molar refractivity (Wildman–Crippen MR) is 252 cm³/mol. The molecular weight excluding hydrogens is 1050 g/mol. The van der Waals surface area contributed by atoms with Crippen molar-refractivity contribution in [3.05, 3.63) is 12.2 Å². The molecule has 31 atom stereocenters. The summed E-state index contributed by atoms with van der Waals surface area (Å²) in [5.41, 5.74) is -2.24. The molecule has 0 radical (unpaired) electrons. The maximum Gasteiger partial charge on any atom is 0.314 e. The lowest BCUT2D eigenvalue weighted by Gasteiger charge is -2.64. The van der Waals surface area contributed by atoms with Crippen LogP contribution < -0.4 is 0 Å². The molecule has 0 aromatic heterocycles. The van der Waals surface area contributed by atoms with E-state index in [1.807, 2.05) is 0 Å². The topological polar surface area (TPSA) is 453 Å². The van der Waals surface area contributed by atoms with Gasteiger partial charge in [0.15, 0.2) is 25.2 Å². The van der Waals surface area contributed by atoms with Gasteiger partial charge in [-0.3, -0.25) is 4.79 Å². The molecule has 9 rings (SSSR count). The van der Waals surface area contributed by atoms with E-state index in [-0.39, 0.29) is 17.3 Å². The second kappa shape index (κ2) is 23.3. The third-order valence-electron chi connectivity index (χ3n) is 19.2. The fourth-order valence-corrected chi connectivity index (χ4v) is 15.0. The summed E-state index contributed by atoms with van der Waals surface area (Å²) < 4.78 is 58.2. The normalized spacial score (nSPS) is 54.5. The standard InChI is InChI=1S/C50H80O28/c1-18-11-49-9-5-24-47(2,25(49)6-10-50(18,17-49)78-45-37(67)32(62)40(23(16-55)73-45)75-42-34(64)29(59)27(57)20(13-52)70-42)7-4-8-48(24,3)46(68)77-44-36(66)31(61)39(22(15-54)72-44)76-43-35(65)30(60)38(21(14-53)71-43)74-41-33(63)28(58)26(56)19(12-51)69-41/h19-45,51-67H,1,4-17H2,2-3H3/t19-,20-,21-,22-,23-,24+,25+,26-,27-,28+,29+,30-,31-,32-,33-,34-,35-,36-,37-,38-,39-,40-,41-,42-,43-,44+,45+,47-,48-,49-,50+/m1/s1. The van der Waals surface area contributed by atoms with Crippen LogP contribution in [0.4, 0.5) is 0 Å². The minimum absolute atomic E-state index is 0.0299. The monoisotopic (exact) mass is 1130 g/mol. The van der Waals surface area contributed by atoms with Crippen LogP contribution in [0.5, 0.6) is 0 Å². The summed E-state index contributed by atoms with van der Waals surface area (Å²) in [7, 11) is 0. The summed E-state index contributed by atoms with van der Waals surface area (Å²) in [6, 6.07) is 0. The number of esters is 1. The van der Waals surface area contributed by atoms with Gasteiger partial charge in [-0.1, -0.05) is 19.9 Å². The Bertz CT molecular complexity index is 2070. The average Bonchev–Trinajstić information content (AvgIpc) is 3.83. The fourth-order valence-electron chi connectivity index (χ4n) is 15.0. The molecule has 0 aromatic carbocycles. The first-order chi connectivity index (χ1) is 36.9. The summed E-state index contributed by atoms with van der Waals surface area (Å²) in [4.78, 5) is 14.7. The Kier molecular flexibility index (Phi) is 18.2. The second-order valence-corrected chi connectivity index (χ2v) is 23.6. The van der Waals surface area contributed by atoms with Crippen molar-refractivity contribution < 1.29 is 139 Å². The van der Waals surface area contributed by atoms with Gasteiger partial charge in [-0.25, -0.2) is 0 Å². The Hall–Kier alpha value is -1.83. The Morgan fingerprint density at radius 3 is 1.36 bits per heavy atom. The molecule has 78 heavy (non-hydrogen) atoms. The average molecular weight is 1130 g/mol. The summed E-state index contributed by atoms with van der Waals surface area (Å²) >= 11 is 0. The van der Waals surface area contributed by atoms with Gasteiger partial charge in [0.1, 0.15) is 122 Å². The Labute approximate surface area is 448 Å². The van der Waals surface area contributed by atoms with Crippen LogP contribution in [0.1, 0.15) is 71.6 Å². The first-order valence-electron chi connectivity index (χ1n) is 26.9. The number of hydrogen-bond donors (Lipinski definition) is 17. The fraction of sp³-hybridized carbons (Fsp3) is 0.940. The van der Waals surface area contributed by atoms with Crippen molar-refractivity contribution in [1.29, 1.82) is 0 Å². The number of aliphatic hydroxyl groups is 17. The lowest BCUT2D eigenvalue weighted by Crippen LogP contribution is -2.67. The number of ether oxygens (including phenoxy) is 10. The van der Waals surface area contributed by atoms with Gasteiger partial charge in [0.25, 0.3) is 0 Å². The highest BCUT2D eigenvalue weighted by Crippen LogP contribution is 2.74. The first-order valence-corrected chi connectivity index (χ1v) is 26.9. The first kappa shape index (κ1) is 60.8. The van der Waals surface area contributed by atoms with Gasteiger partial charge in [0.2, 0.25) is 6.29 Å². The summed E-state index contributed by atoms with van der Waals surface area (Å²) in [5, 5.41) is 180. The quantitative estimate of drug-likeness (QED) is 0.0411. The third-order valence-corrected chi connectivity index (χ3v) is 19.2. The number of fused-ring (bicyclic) bond motifs is 3. The van der Waals surface area contributed by atoms with E-state index in [1.165, 1.54) is 0 Å². The number of aliphatic hydroxyl groups excluding tert-OH is 17. The van der Waals surface area contributed by atoms with E-state index in [4.69, 9.17) is 47.4 Å². The van der Waals surface area contributed by atoms with E-state index in [2.05, 4.69) is 13.5 Å². The zero-order valence-electron chi connectivity index (χ0n) is 43.3. The summed E-state index contributed by atoms with van der Waals surface area (Å²) in [6.45, 7) is 4.36. The van der Waals surface area contributed by atoms with Gasteiger partial charge in [0, 0.05) is 0 Å². The van der Waals surface area contributed by atoms with E-state index in [9.17, 15) is 91.6 Å². The molecular formula is C50H80O28. The highest BCUT2D eigenvalue weighted by Gasteiger charge is 2.70. The highest BCUT2D eigenvalue weighted by molar-refractivity contribution is 5.77. The molecule has 1 spiro atoms.